The highest BCUT2D eigenvalue weighted by molar-refractivity contribution is 6.17. The summed E-state index contributed by atoms with van der Waals surface area (Å²) < 4.78 is 23.6. The van der Waals surface area contributed by atoms with E-state index in [-0.39, 0.29) is 18.6 Å². The van der Waals surface area contributed by atoms with Gasteiger partial charge in [0.1, 0.15) is 29.5 Å². The van der Waals surface area contributed by atoms with Gasteiger partial charge in [0.25, 0.3) is 0 Å². The smallest absolute Gasteiger partial charge is 0.338 e. The first-order chi connectivity index (χ1) is 13.2. The summed E-state index contributed by atoms with van der Waals surface area (Å²) in [7, 11) is 1.35. The number of carbonyl (C=O) groups is 1. The number of halogens is 1. The molecule has 2 aromatic heterocycles. The van der Waals surface area contributed by atoms with Gasteiger partial charge in [-0.15, -0.1) is 11.6 Å². The van der Waals surface area contributed by atoms with E-state index in [4.69, 9.17) is 30.2 Å². The van der Waals surface area contributed by atoms with E-state index in [1.165, 1.54) is 7.11 Å². The molecule has 142 valence electrons. The molecule has 0 amide bonds. The van der Waals surface area contributed by atoms with Crippen molar-refractivity contribution in [1.82, 2.24) is 9.55 Å². The van der Waals surface area contributed by atoms with Crippen molar-refractivity contribution in [3.05, 3.63) is 47.7 Å². The van der Waals surface area contributed by atoms with Crippen LogP contribution in [0.1, 0.15) is 28.4 Å². The standard InChI is InChI=1S/C19H19ClN2O5/c1-24-19(23)12-7-15-18(16(8-12)27-11-14-3-2-5-25-14)21-17(9-20)22(15)10-13-4-6-26-13/h2-3,5,7-8,13H,4,6,9-11H2,1H3. The maximum Gasteiger partial charge on any atom is 0.338 e. The zero-order valence-corrected chi connectivity index (χ0v) is 15.6. The Morgan fingerprint density at radius 2 is 2.30 bits per heavy atom. The van der Waals surface area contributed by atoms with Crippen LogP contribution >= 0.6 is 11.6 Å². The second-order valence-corrected chi connectivity index (χ2v) is 6.52. The number of hydrogen-bond donors (Lipinski definition) is 0. The second kappa shape index (κ2) is 7.62. The Labute approximate surface area is 160 Å². The van der Waals surface area contributed by atoms with Crippen LogP contribution in [0.25, 0.3) is 11.0 Å². The summed E-state index contributed by atoms with van der Waals surface area (Å²) in [5, 5.41) is 0. The molecule has 1 aliphatic heterocycles. The van der Waals surface area contributed by atoms with Crippen LogP contribution < -0.4 is 4.74 Å². The molecule has 4 rings (SSSR count). The molecule has 7 nitrogen and oxygen atoms in total. The van der Waals surface area contributed by atoms with Gasteiger partial charge >= 0.3 is 5.97 Å². The van der Waals surface area contributed by atoms with Crippen LogP contribution in [0.15, 0.2) is 34.9 Å². The summed E-state index contributed by atoms with van der Waals surface area (Å²) in [6.45, 7) is 1.61. The fraction of sp³-hybridized carbons (Fsp3) is 0.368. The van der Waals surface area contributed by atoms with Crippen molar-refractivity contribution in [3.63, 3.8) is 0 Å². The quantitative estimate of drug-likeness (QED) is 0.454. The number of carbonyl (C=O) groups excluding carboxylic acids is 1. The predicted octanol–water partition coefficient (Wildman–Crippen LogP) is 3.52. The van der Waals surface area contributed by atoms with Crippen LogP contribution in [0, 0.1) is 0 Å². The van der Waals surface area contributed by atoms with Crippen LogP contribution in [-0.2, 0) is 28.5 Å². The fourth-order valence-electron chi connectivity index (χ4n) is 3.07. The first-order valence-corrected chi connectivity index (χ1v) is 9.17. The van der Waals surface area contributed by atoms with Crippen LogP contribution in [-0.4, -0.2) is 35.3 Å². The third kappa shape index (κ3) is 3.52. The van der Waals surface area contributed by atoms with Crippen molar-refractivity contribution in [2.75, 3.05) is 13.7 Å². The van der Waals surface area contributed by atoms with Crippen LogP contribution in [0.3, 0.4) is 0 Å². The normalized spacial score (nSPS) is 16.3. The third-order valence-corrected chi connectivity index (χ3v) is 4.81. The van der Waals surface area contributed by atoms with Gasteiger partial charge in [0.05, 0.1) is 43.0 Å². The lowest BCUT2D eigenvalue weighted by atomic mass is 10.1. The highest BCUT2D eigenvalue weighted by Crippen LogP contribution is 2.31. The molecule has 1 fully saturated rings. The Morgan fingerprint density at radius 3 is 2.93 bits per heavy atom. The molecule has 1 aliphatic rings. The van der Waals surface area contributed by atoms with E-state index >= 15 is 0 Å². The molecule has 1 saturated heterocycles. The minimum absolute atomic E-state index is 0.124. The monoisotopic (exact) mass is 390 g/mol. The highest BCUT2D eigenvalue weighted by Gasteiger charge is 2.24. The minimum Gasteiger partial charge on any atom is -0.483 e. The van der Waals surface area contributed by atoms with Crippen molar-refractivity contribution in [2.45, 2.75) is 31.6 Å². The van der Waals surface area contributed by atoms with Crippen molar-refractivity contribution in [1.29, 1.82) is 0 Å². The van der Waals surface area contributed by atoms with Crippen LogP contribution in [0.2, 0.25) is 0 Å². The largest absolute Gasteiger partial charge is 0.483 e. The summed E-state index contributed by atoms with van der Waals surface area (Å²) in [5.41, 5.74) is 1.79. The van der Waals surface area contributed by atoms with Gasteiger partial charge < -0.3 is 23.2 Å². The minimum atomic E-state index is -0.445. The summed E-state index contributed by atoms with van der Waals surface area (Å²) in [6, 6.07) is 6.99. The number of ether oxygens (including phenoxy) is 3. The summed E-state index contributed by atoms with van der Waals surface area (Å²) in [4.78, 5) is 16.8. The van der Waals surface area contributed by atoms with E-state index in [1.54, 1.807) is 24.5 Å². The number of rotatable bonds is 7. The second-order valence-electron chi connectivity index (χ2n) is 6.26. The number of esters is 1. The van der Waals surface area contributed by atoms with Crippen LogP contribution in [0.5, 0.6) is 5.75 Å². The molecule has 8 heteroatoms. The Balaban J connectivity index is 1.77. The predicted molar refractivity (Wildman–Crippen MR) is 98.0 cm³/mol. The summed E-state index contributed by atoms with van der Waals surface area (Å²) in [5.74, 6) is 1.65. The molecule has 0 spiro atoms. The summed E-state index contributed by atoms with van der Waals surface area (Å²) >= 11 is 6.12. The maximum atomic E-state index is 12.1. The van der Waals surface area contributed by atoms with Gasteiger partial charge in [0.2, 0.25) is 0 Å². The Bertz CT molecular complexity index is 947. The zero-order valence-electron chi connectivity index (χ0n) is 14.8. The maximum absolute atomic E-state index is 12.1. The topological polar surface area (TPSA) is 75.7 Å². The molecular weight excluding hydrogens is 372 g/mol. The van der Waals surface area contributed by atoms with Gasteiger partial charge in [-0.05, 0) is 30.7 Å². The molecule has 27 heavy (non-hydrogen) atoms. The molecule has 3 aromatic rings. The molecule has 0 aliphatic carbocycles. The van der Waals surface area contributed by atoms with Gasteiger partial charge in [0, 0.05) is 6.61 Å². The van der Waals surface area contributed by atoms with Crippen molar-refractivity contribution < 1.29 is 23.4 Å². The number of imidazole rings is 1. The number of aromatic nitrogens is 2. The first kappa shape index (κ1) is 17.9. The molecule has 3 heterocycles. The lowest BCUT2D eigenvalue weighted by Gasteiger charge is -2.27. The van der Waals surface area contributed by atoms with Gasteiger partial charge in [-0.25, -0.2) is 9.78 Å². The van der Waals surface area contributed by atoms with E-state index < -0.39 is 5.97 Å². The fourth-order valence-corrected chi connectivity index (χ4v) is 3.27. The molecule has 1 aromatic carbocycles. The summed E-state index contributed by atoms with van der Waals surface area (Å²) in [6.07, 6.45) is 2.69. The molecule has 0 bridgehead atoms. The number of methoxy groups -OCH3 is 1. The number of nitrogens with zero attached hydrogens (tertiary/aromatic N) is 2. The molecule has 1 unspecified atom stereocenters. The molecule has 0 N–H and O–H groups in total. The number of benzene rings is 1. The lowest BCUT2D eigenvalue weighted by molar-refractivity contribution is -0.0589. The van der Waals surface area contributed by atoms with Gasteiger partial charge in [-0.3, -0.25) is 0 Å². The molecule has 1 atom stereocenters. The Hall–Kier alpha value is -2.51. The molecular formula is C19H19ClN2O5. The highest BCUT2D eigenvalue weighted by atomic mass is 35.5. The van der Waals surface area contributed by atoms with E-state index in [9.17, 15) is 4.79 Å². The zero-order chi connectivity index (χ0) is 18.8. The lowest BCUT2D eigenvalue weighted by Crippen LogP contribution is -2.31. The van der Waals surface area contributed by atoms with E-state index in [2.05, 4.69) is 4.98 Å². The Kier molecular flexibility index (Phi) is 5.05. The number of hydrogen-bond acceptors (Lipinski definition) is 6. The molecule has 0 radical (unpaired) electrons. The van der Waals surface area contributed by atoms with Crippen molar-refractivity contribution >= 4 is 28.6 Å². The van der Waals surface area contributed by atoms with Gasteiger partial charge in [-0.1, -0.05) is 0 Å². The average Bonchev–Trinajstić information content (AvgIpc) is 3.29. The van der Waals surface area contributed by atoms with Gasteiger partial charge in [0.15, 0.2) is 0 Å². The number of fused-ring (bicyclic) bond motifs is 1. The number of furan rings is 1. The van der Waals surface area contributed by atoms with Crippen molar-refractivity contribution in [2.24, 2.45) is 0 Å². The SMILES string of the molecule is COC(=O)c1cc(OCc2ccco2)c2nc(CCl)n(CC3CCO3)c2c1. The van der Waals surface area contributed by atoms with Crippen LogP contribution in [0.4, 0.5) is 0 Å². The first-order valence-electron chi connectivity index (χ1n) is 8.64. The molecule has 0 saturated carbocycles. The van der Waals surface area contributed by atoms with Gasteiger partial charge in [-0.2, -0.15) is 0 Å². The van der Waals surface area contributed by atoms with E-state index in [0.29, 0.717) is 35.0 Å². The average molecular weight is 391 g/mol. The van der Waals surface area contributed by atoms with E-state index in [0.717, 1.165) is 18.5 Å². The number of alkyl halides is 1. The Morgan fingerprint density at radius 1 is 1.44 bits per heavy atom. The van der Waals surface area contributed by atoms with E-state index in [1.807, 2.05) is 10.6 Å². The third-order valence-electron chi connectivity index (χ3n) is 4.57. The van der Waals surface area contributed by atoms with Crippen molar-refractivity contribution in [3.8, 4) is 5.75 Å².